The number of ketones is 1. The van der Waals surface area contributed by atoms with Gasteiger partial charge in [0.1, 0.15) is 30.1 Å². The molecular weight excluding hydrogens is 827 g/mol. The van der Waals surface area contributed by atoms with Gasteiger partial charge >= 0.3 is 12.2 Å². The van der Waals surface area contributed by atoms with Gasteiger partial charge in [-0.05, 0) is 91.5 Å². The predicted octanol–water partition coefficient (Wildman–Crippen LogP) is 9.36. The third-order valence-corrected chi connectivity index (χ3v) is 11.9. The van der Waals surface area contributed by atoms with Gasteiger partial charge in [0, 0.05) is 38.4 Å². The summed E-state index contributed by atoms with van der Waals surface area (Å²) in [6.45, 7) is 9.15. The van der Waals surface area contributed by atoms with Crippen LogP contribution in [-0.2, 0) is 36.8 Å². The Morgan fingerprint density at radius 2 is 1.47 bits per heavy atom. The maximum Gasteiger partial charge on any atom is 0.410 e. The van der Waals surface area contributed by atoms with E-state index < -0.39 is 47.7 Å². The van der Waals surface area contributed by atoms with E-state index in [1.165, 1.54) is 9.80 Å². The minimum absolute atomic E-state index is 0.00943. The molecule has 2 N–H and O–H groups in total. The molecule has 11 nitrogen and oxygen atoms in total. The molecule has 0 saturated carbocycles. The monoisotopic (exact) mass is 882 g/mol. The molecule has 4 aromatic rings. The SMILES string of the molecule is CC(C)CC(C(=O)NCc1ccc(Cl)c(Cl)c1)N(CCC(=O)CCc1ccccc1)C(=O)[C@@H]1C[C@@H](NC(=O)OC(C)(C)C)CN1C(=O)OCC1c2ccccc2-c2ccccc21. The lowest BCUT2D eigenvalue weighted by atomic mass is 9.98. The van der Waals surface area contributed by atoms with Crippen LogP contribution in [0.3, 0.4) is 0 Å². The van der Waals surface area contributed by atoms with Crippen LogP contribution in [0.2, 0.25) is 10.0 Å². The topological polar surface area (TPSA) is 134 Å². The number of nitrogens with zero attached hydrogens (tertiary/aromatic N) is 2. The maximum absolute atomic E-state index is 15.2. The van der Waals surface area contributed by atoms with E-state index in [9.17, 15) is 19.2 Å². The summed E-state index contributed by atoms with van der Waals surface area (Å²) in [4.78, 5) is 73.1. The standard InChI is InChI=1S/C49H56Cl2N4O7/c1-31(2)25-43(45(57)52-28-33-20-22-41(50)42(51)26-33)54(24-23-35(56)21-19-32-13-7-6-8-14-32)46(58)44-27-34(53-47(59)62-49(3,4)5)29-55(44)48(60)61-30-40-38-17-11-9-15-36(38)37-16-10-12-18-39(37)40/h6-18,20,22,26,31,34,40,43-44H,19,21,23-25,27-30H2,1-5H3,(H,52,57)(H,53,59)/t34-,43?,44+/m1/s1. The van der Waals surface area contributed by atoms with Crippen LogP contribution in [0.15, 0.2) is 97.1 Å². The molecule has 3 atom stereocenters. The fourth-order valence-electron chi connectivity index (χ4n) is 8.22. The number of aryl methyl sites for hydroxylation is 1. The number of Topliss-reactive ketones (excluding diaryl/α,β-unsaturated/α-hetero) is 1. The number of benzene rings is 4. The fourth-order valence-corrected chi connectivity index (χ4v) is 8.54. The number of fused-ring (bicyclic) bond motifs is 3. The molecule has 1 aliphatic carbocycles. The summed E-state index contributed by atoms with van der Waals surface area (Å²) in [7, 11) is 0. The number of nitrogens with one attached hydrogen (secondary N) is 2. The van der Waals surface area contributed by atoms with E-state index in [1.54, 1.807) is 39.0 Å². The molecule has 1 unspecified atom stereocenters. The summed E-state index contributed by atoms with van der Waals surface area (Å²) in [5.74, 6) is -1.30. The summed E-state index contributed by atoms with van der Waals surface area (Å²) in [6.07, 6.45) is -0.352. The summed E-state index contributed by atoms with van der Waals surface area (Å²) < 4.78 is 11.6. The van der Waals surface area contributed by atoms with Gasteiger partial charge in [0.25, 0.3) is 0 Å². The van der Waals surface area contributed by atoms with Gasteiger partial charge in [-0.1, -0.05) is 122 Å². The van der Waals surface area contributed by atoms with Crippen LogP contribution in [0.5, 0.6) is 0 Å². The Bertz CT molecular complexity index is 2200. The quantitative estimate of drug-likeness (QED) is 0.115. The van der Waals surface area contributed by atoms with Crippen LogP contribution in [0.25, 0.3) is 11.1 Å². The van der Waals surface area contributed by atoms with E-state index in [-0.39, 0.29) is 69.5 Å². The molecule has 1 heterocycles. The zero-order chi connectivity index (χ0) is 44.6. The van der Waals surface area contributed by atoms with Crippen molar-refractivity contribution in [2.75, 3.05) is 19.7 Å². The predicted molar refractivity (Wildman–Crippen MR) is 241 cm³/mol. The number of carbonyl (C=O) groups is 5. The van der Waals surface area contributed by atoms with Crippen LogP contribution in [-0.4, -0.2) is 83.0 Å². The summed E-state index contributed by atoms with van der Waals surface area (Å²) in [6, 6.07) is 27.9. The molecule has 0 radical (unpaired) electrons. The summed E-state index contributed by atoms with van der Waals surface area (Å²) in [5, 5.41) is 6.54. The van der Waals surface area contributed by atoms with Crippen molar-refractivity contribution in [2.24, 2.45) is 5.92 Å². The van der Waals surface area contributed by atoms with Gasteiger partial charge in [-0.3, -0.25) is 19.3 Å². The van der Waals surface area contributed by atoms with Crippen molar-refractivity contribution >= 4 is 53.0 Å². The number of alkyl carbamates (subject to hydrolysis) is 1. The Balaban J connectivity index is 1.28. The smallest absolute Gasteiger partial charge is 0.410 e. The van der Waals surface area contributed by atoms with E-state index in [0.717, 1.165) is 27.8 Å². The molecule has 328 valence electrons. The van der Waals surface area contributed by atoms with Gasteiger partial charge in [0.15, 0.2) is 0 Å². The molecule has 62 heavy (non-hydrogen) atoms. The van der Waals surface area contributed by atoms with Crippen LogP contribution in [0.4, 0.5) is 9.59 Å². The van der Waals surface area contributed by atoms with Gasteiger partial charge in [-0.2, -0.15) is 0 Å². The number of hydrogen-bond acceptors (Lipinski definition) is 7. The highest BCUT2D eigenvalue weighted by molar-refractivity contribution is 6.42. The first kappa shape index (κ1) is 46.1. The van der Waals surface area contributed by atoms with Crippen molar-refractivity contribution in [3.05, 3.63) is 129 Å². The Labute approximate surface area is 374 Å². The number of likely N-dealkylation sites (tertiary alicyclic amines) is 1. The molecule has 0 bridgehead atoms. The first-order chi connectivity index (χ1) is 29.6. The van der Waals surface area contributed by atoms with E-state index in [0.29, 0.717) is 22.0 Å². The van der Waals surface area contributed by atoms with Crippen molar-refractivity contribution in [1.29, 1.82) is 0 Å². The number of carbonyl (C=O) groups excluding carboxylic acids is 5. The molecule has 6 rings (SSSR count). The minimum atomic E-state index is -1.14. The third-order valence-electron chi connectivity index (χ3n) is 11.2. The summed E-state index contributed by atoms with van der Waals surface area (Å²) in [5.41, 5.74) is 5.14. The van der Waals surface area contributed by atoms with Gasteiger partial charge in [0.2, 0.25) is 11.8 Å². The molecule has 4 aromatic carbocycles. The third kappa shape index (κ3) is 11.9. The van der Waals surface area contributed by atoms with E-state index >= 15 is 4.79 Å². The minimum Gasteiger partial charge on any atom is -0.448 e. The first-order valence-corrected chi connectivity index (χ1v) is 22.0. The number of rotatable bonds is 16. The highest BCUT2D eigenvalue weighted by Crippen LogP contribution is 2.44. The van der Waals surface area contributed by atoms with Gasteiger partial charge in [0.05, 0.1) is 16.1 Å². The van der Waals surface area contributed by atoms with Crippen molar-refractivity contribution in [3.8, 4) is 11.1 Å². The Kier molecular flexibility index (Phi) is 15.4. The van der Waals surface area contributed by atoms with Gasteiger partial charge < -0.3 is 25.0 Å². The second-order valence-corrected chi connectivity index (χ2v) is 18.3. The molecule has 4 amide bonds. The van der Waals surface area contributed by atoms with Gasteiger partial charge in [-0.15, -0.1) is 0 Å². The first-order valence-electron chi connectivity index (χ1n) is 21.3. The molecule has 0 aromatic heterocycles. The van der Waals surface area contributed by atoms with Crippen molar-refractivity contribution in [1.82, 2.24) is 20.4 Å². The normalized spacial score (nSPS) is 16.3. The lowest BCUT2D eigenvalue weighted by molar-refractivity contribution is -0.144. The molecular formula is C49H56Cl2N4O7. The maximum atomic E-state index is 15.2. The molecule has 1 saturated heterocycles. The molecule has 2 aliphatic rings. The molecule has 13 heteroatoms. The molecule has 1 fully saturated rings. The average Bonchev–Trinajstić information content (AvgIpc) is 3.80. The Morgan fingerprint density at radius 1 is 0.823 bits per heavy atom. The fraction of sp³-hybridized carbons (Fsp3) is 0.408. The number of hydrogen-bond donors (Lipinski definition) is 2. The second-order valence-electron chi connectivity index (χ2n) is 17.5. The number of amides is 4. The lowest BCUT2D eigenvalue weighted by Crippen LogP contribution is -2.56. The van der Waals surface area contributed by atoms with Crippen molar-refractivity contribution in [2.45, 2.75) is 103 Å². The Hall–Kier alpha value is -5.39. The van der Waals surface area contributed by atoms with Crippen LogP contribution < -0.4 is 10.6 Å². The lowest BCUT2D eigenvalue weighted by Gasteiger charge is -2.35. The number of halogens is 2. The van der Waals surface area contributed by atoms with E-state index in [1.807, 2.05) is 92.7 Å². The summed E-state index contributed by atoms with van der Waals surface area (Å²) >= 11 is 12.4. The average molecular weight is 884 g/mol. The molecule has 1 aliphatic heterocycles. The Morgan fingerprint density at radius 3 is 2.10 bits per heavy atom. The van der Waals surface area contributed by atoms with Crippen LogP contribution in [0.1, 0.15) is 88.5 Å². The van der Waals surface area contributed by atoms with Crippen molar-refractivity contribution < 1.29 is 33.4 Å². The second kappa shape index (κ2) is 20.7. The number of ether oxygens (including phenoxy) is 2. The van der Waals surface area contributed by atoms with E-state index in [4.69, 9.17) is 32.7 Å². The van der Waals surface area contributed by atoms with Gasteiger partial charge in [-0.25, -0.2) is 9.59 Å². The highest BCUT2D eigenvalue weighted by atomic mass is 35.5. The van der Waals surface area contributed by atoms with E-state index in [2.05, 4.69) is 10.6 Å². The largest absolute Gasteiger partial charge is 0.448 e. The highest BCUT2D eigenvalue weighted by Gasteiger charge is 2.46. The zero-order valence-electron chi connectivity index (χ0n) is 36.0. The van der Waals surface area contributed by atoms with Crippen molar-refractivity contribution in [3.63, 3.8) is 0 Å². The zero-order valence-corrected chi connectivity index (χ0v) is 37.5. The molecule has 0 spiro atoms. The van der Waals surface area contributed by atoms with Crippen LogP contribution >= 0.6 is 23.2 Å². The van der Waals surface area contributed by atoms with Crippen LogP contribution in [0, 0.1) is 5.92 Å².